The van der Waals surface area contributed by atoms with Crippen LogP contribution in [0.3, 0.4) is 0 Å². The van der Waals surface area contributed by atoms with Crippen molar-refractivity contribution >= 4 is 28.9 Å². The Morgan fingerprint density at radius 1 is 1.19 bits per heavy atom. The van der Waals surface area contributed by atoms with Crippen LogP contribution in [-0.4, -0.2) is 12.5 Å². The van der Waals surface area contributed by atoms with Gasteiger partial charge >= 0.3 is 0 Å². The zero-order valence-corrected chi connectivity index (χ0v) is 11.5. The van der Waals surface area contributed by atoms with Gasteiger partial charge in [0.1, 0.15) is 11.4 Å². The quantitative estimate of drug-likeness (QED) is 0.852. The summed E-state index contributed by atoms with van der Waals surface area (Å²) in [6.07, 6.45) is 0. The van der Waals surface area contributed by atoms with Gasteiger partial charge in [0.2, 0.25) is 0 Å². The summed E-state index contributed by atoms with van der Waals surface area (Å²) in [5.74, 6) is -2.56. The second-order valence-electron chi connectivity index (χ2n) is 4.12. The fourth-order valence-corrected chi connectivity index (χ4v) is 1.67. The Bertz CT molecular complexity index is 663. The van der Waals surface area contributed by atoms with Crippen LogP contribution in [0, 0.1) is 11.6 Å². The van der Waals surface area contributed by atoms with E-state index < -0.39 is 23.2 Å². The molecule has 7 heteroatoms. The normalized spacial score (nSPS) is 10.2. The van der Waals surface area contributed by atoms with Gasteiger partial charge in [-0.3, -0.25) is 4.79 Å². The summed E-state index contributed by atoms with van der Waals surface area (Å²) in [6.45, 7) is -0.378. The van der Waals surface area contributed by atoms with Crippen molar-refractivity contribution in [1.29, 1.82) is 0 Å². The molecule has 0 aromatic heterocycles. The largest absolute Gasteiger partial charge is 0.484 e. The molecule has 0 atom stereocenters. The van der Waals surface area contributed by atoms with Crippen molar-refractivity contribution in [3.05, 3.63) is 53.1 Å². The molecule has 0 radical (unpaired) electrons. The van der Waals surface area contributed by atoms with Crippen molar-refractivity contribution in [2.45, 2.75) is 0 Å². The van der Waals surface area contributed by atoms with Gasteiger partial charge in [-0.05, 0) is 36.4 Å². The molecule has 1 amide bonds. The summed E-state index contributed by atoms with van der Waals surface area (Å²) in [5.41, 5.74) is 5.01. The van der Waals surface area contributed by atoms with Gasteiger partial charge in [0.15, 0.2) is 18.2 Å². The minimum atomic E-state index is -1.21. The molecule has 0 bridgehead atoms. The highest BCUT2D eigenvalue weighted by Gasteiger charge is 2.14. The number of anilines is 2. The van der Waals surface area contributed by atoms with Gasteiger partial charge in [-0.1, -0.05) is 11.6 Å². The van der Waals surface area contributed by atoms with Crippen LogP contribution in [0.4, 0.5) is 20.2 Å². The SMILES string of the molecule is Nc1ccc(F)c(F)c1NC(=O)COc1ccc(Cl)cc1. The Labute approximate surface area is 124 Å². The highest BCUT2D eigenvalue weighted by molar-refractivity contribution is 6.30. The number of nitrogen functional groups attached to an aromatic ring is 1. The first-order valence-electron chi connectivity index (χ1n) is 5.89. The fraction of sp³-hybridized carbons (Fsp3) is 0.0714. The van der Waals surface area contributed by atoms with Gasteiger partial charge in [-0.2, -0.15) is 0 Å². The summed E-state index contributed by atoms with van der Waals surface area (Å²) >= 11 is 5.71. The number of amides is 1. The Hall–Kier alpha value is -2.34. The van der Waals surface area contributed by atoms with Crippen LogP contribution in [0.25, 0.3) is 0 Å². The van der Waals surface area contributed by atoms with E-state index in [0.717, 1.165) is 12.1 Å². The number of carbonyl (C=O) groups is 1. The molecule has 110 valence electrons. The molecule has 3 N–H and O–H groups in total. The molecule has 0 aliphatic heterocycles. The van der Waals surface area contributed by atoms with Crippen molar-refractivity contribution in [2.75, 3.05) is 17.7 Å². The third-order valence-corrected chi connectivity index (χ3v) is 2.83. The lowest BCUT2D eigenvalue weighted by molar-refractivity contribution is -0.118. The smallest absolute Gasteiger partial charge is 0.262 e. The van der Waals surface area contributed by atoms with Crippen molar-refractivity contribution < 1.29 is 18.3 Å². The third kappa shape index (κ3) is 3.82. The molecule has 0 unspecified atom stereocenters. The predicted octanol–water partition coefficient (Wildman–Crippen LogP) is 3.22. The lowest BCUT2D eigenvalue weighted by Gasteiger charge is -2.10. The number of benzene rings is 2. The molecule has 0 fully saturated rings. The summed E-state index contributed by atoms with van der Waals surface area (Å²) in [6, 6.07) is 8.39. The van der Waals surface area contributed by atoms with Crippen LogP contribution in [0.1, 0.15) is 0 Å². The highest BCUT2D eigenvalue weighted by atomic mass is 35.5. The van der Waals surface area contributed by atoms with Gasteiger partial charge in [0, 0.05) is 5.02 Å². The lowest BCUT2D eigenvalue weighted by atomic mass is 10.2. The Morgan fingerprint density at radius 3 is 2.52 bits per heavy atom. The number of hydrogen-bond donors (Lipinski definition) is 2. The van der Waals surface area contributed by atoms with E-state index in [1.54, 1.807) is 24.3 Å². The molecule has 0 aliphatic rings. The maximum Gasteiger partial charge on any atom is 0.262 e. The Balaban J connectivity index is 1.99. The Morgan fingerprint density at radius 2 is 1.86 bits per heavy atom. The van der Waals surface area contributed by atoms with Crippen LogP contribution in [0.5, 0.6) is 5.75 Å². The van der Waals surface area contributed by atoms with Gasteiger partial charge < -0.3 is 15.8 Å². The number of carbonyl (C=O) groups excluding carboxylic acids is 1. The lowest BCUT2D eigenvalue weighted by Crippen LogP contribution is -2.21. The maximum atomic E-state index is 13.5. The molecular formula is C14H11ClF2N2O2. The van der Waals surface area contributed by atoms with Crippen molar-refractivity contribution in [3.63, 3.8) is 0 Å². The number of nitrogens with two attached hydrogens (primary N) is 1. The molecule has 0 heterocycles. The topological polar surface area (TPSA) is 64.3 Å². The monoisotopic (exact) mass is 312 g/mol. The summed E-state index contributed by atoms with van der Waals surface area (Å²) in [5, 5.41) is 2.70. The number of rotatable bonds is 4. The van der Waals surface area contributed by atoms with Crippen LogP contribution in [0.15, 0.2) is 36.4 Å². The van der Waals surface area contributed by atoms with Gasteiger partial charge in [0.05, 0.1) is 5.69 Å². The average Bonchev–Trinajstić information content (AvgIpc) is 2.47. The molecule has 0 saturated carbocycles. The van der Waals surface area contributed by atoms with E-state index in [0.29, 0.717) is 10.8 Å². The molecule has 2 aromatic rings. The van der Waals surface area contributed by atoms with Gasteiger partial charge in [-0.15, -0.1) is 0 Å². The molecular weight excluding hydrogens is 302 g/mol. The second-order valence-corrected chi connectivity index (χ2v) is 4.55. The average molecular weight is 313 g/mol. The first-order chi connectivity index (χ1) is 9.97. The summed E-state index contributed by atoms with van der Waals surface area (Å²) in [7, 11) is 0. The van der Waals surface area contributed by atoms with Crippen LogP contribution < -0.4 is 15.8 Å². The summed E-state index contributed by atoms with van der Waals surface area (Å²) in [4.78, 5) is 11.7. The molecule has 4 nitrogen and oxygen atoms in total. The third-order valence-electron chi connectivity index (χ3n) is 2.58. The second kappa shape index (κ2) is 6.41. The van der Waals surface area contributed by atoms with Crippen LogP contribution in [-0.2, 0) is 4.79 Å². The zero-order valence-electron chi connectivity index (χ0n) is 10.7. The first-order valence-corrected chi connectivity index (χ1v) is 6.27. The van der Waals surface area contributed by atoms with E-state index in [1.165, 1.54) is 0 Å². The Kier molecular flexibility index (Phi) is 4.59. The fourth-order valence-electron chi connectivity index (χ4n) is 1.55. The standard InChI is InChI=1S/C14H11ClF2N2O2/c15-8-1-3-9(4-2-8)21-7-12(20)19-14-11(18)6-5-10(16)13(14)17/h1-6H,7,18H2,(H,19,20). The highest BCUT2D eigenvalue weighted by Crippen LogP contribution is 2.24. The van der Waals surface area contributed by atoms with E-state index in [1.807, 2.05) is 0 Å². The summed E-state index contributed by atoms with van der Waals surface area (Å²) < 4.78 is 31.8. The van der Waals surface area contributed by atoms with Gasteiger partial charge in [0.25, 0.3) is 5.91 Å². The minimum absolute atomic E-state index is 0.0752. The van der Waals surface area contributed by atoms with E-state index in [9.17, 15) is 13.6 Å². The van der Waals surface area contributed by atoms with Gasteiger partial charge in [-0.25, -0.2) is 8.78 Å². The number of hydrogen-bond acceptors (Lipinski definition) is 3. The molecule has 2 aromatic carbocycles. The predicted molar refractivity (Wildman–Crippen MR) is 76.3 cm³/mol. The molecule has 2 rings (SSSR count). The number of nitrogens with one attached hydrogen (secondary N) is 1. The van der Waals surface area contributed by atoms with E-state index >= 15 is 0 Å². The van der Waals surface area contributed by atoms with Crippen molar-refractivity contribution in [1.82, 2.24) is 0 Å². The zero-order chi connectivity index (χ0) is 15.4. The number of ether oxygens (including phenoxy) is 1. The minimum Gasteiger partial charge on any atom is -0.484 e. The van der Waals surface area contributed by atoms with E-state index in [4.69, 9.17) is 22.1 Å². The number of halogens is 3. The van der Waals surface area contributed by atoms with E-state index in [2.05, 4.69) is 5.32 Å². The van der Waals surface area contributed by atoms with Crippen LogP contribution in [0.2, 0.25) is 5.02 Å². The van der Waals surface area contributed by atoms with E-state index in [-0.39, 0.29) is 12.3 Å². The molecule has 21 heavy (non-hydrogen) atoms. The molecule has 0 saturated heterocycles. The van der Waals surface area contributed by atoms with Crippen LogP contribution >= 0.6 is 11.6 Å². The molecule has 0 aliphatic carbocycles. The van der Waals surface area contributed by atoms with Crippen molar-refractivity contribution in [2.24, 2.45) is 0 Å². The molecule has 0 spiro atoms. The first kappa shape index (κ1) is 15.1. The maximum absolute atomic E-state index is 13.5. The van der Waals surface area contributed by atoms with Crippen molar-refractivity contribution in [3.8, 4) is 5.75 Å².